The number of nitrogens with zero attached hydrogens (tertiary/aromatic N) is 2. The third-order valence-electron chi connectivity index (χ3n) is 2.11. The third-order valence-corrected chi connectivity index (χ3v) is 3.37. The number of hydrogen-bond acceptors (Lipinski definition) is 6. The number of aromatic carboxylic acids is 1. The largest absolute Gasteiger partial charge is 0.477 e. The lowest BCUT2D eigenvalue weighted by atomic mass is 10.2. The molecule has 1 atom stereocenters. The number of thioether (sulfide) groups is 1. The average molecular weight is 272 g/mol. The second-order valence-electron chi connectivity index (χ2n) is 3.70. The fraction of sp³-hybridized carbons (Fsp3) is 0.400. The lowest BCUT2D eigenvalue weighted by Crippen LogP contribution is -2.06. The Morgan fingerprint density at radius 2 is 2.33 bits per heavy atom. The highest BCUT2D eigenvalue weighted by atomic mass is 32.2. The van der Waals surface area contributed by atoms with E-state index in [-0.39, 0.29) is 18.1 Å². The zero-order valence-corrected chi connectivity index (χ0v) is 10.4. The van der Waals surface area contributed by atoms with Crippen LogP contribution in [-0.2, 0) is 0 Å². The number of aliphatic hydroxyl groups excluding tert-OH is 1. The number of rotatable bonds is 6. The van der Waals surface area contributed by atoms with Gasteiger partial charge in [-0.15, -0.1) is 11.8 Å². The molecule has 8 heteroatoms. The molecule has 1 aromatic rings. The van der Waals surface area contributed by atoms with Crippen LogP contribution in [0.2, 0.25) is 0 Å². The number of hydrogen-bond donors (Lipinski definition) is 2. The van der Waals surface area contributed by atoms with Gasteiger partial charge in [-0.25, -0.2) is 9.78 Å². The minimum absolute atomic E-state index is 0.0196. The normalized spacial score (nSPS) is 12.1. The molecule has 0 spiro atoms. The molecule has 0 radical (unpaired) electrons. The van der Waals surface area contributed by atoms with Gasteiger partial charge >= 0.3 is 11.7 Å². The summed E-state index contributed by atoms with van der Waals surface area (Å²) in [6.07, 6.45) is 0.940. The number of carbonyl (C=O) groups is 1. The zero-order valence-electron chi connectivity index (χ0n) is 9.57. The van der Waals surface area contributed by atoms with Crippen LogP contribution in [0.3, 0.4) is 0 Å². The number of nitro groups is 1. The SMILES string of the molecule is CC(CO)CSc1cc(C(=O)O)c([N+](=O)[O-])cn1. The molecule has 1 heterocycles. The minimum atomic E-state index is -1.36. The fourth-order valence-electron chi connectivity index (χ4n) is 1.11. The number of pyridine rings is 1. The number of carboxylic acids is 1. The van der Waals surface area contributed by atoms with E-state index in [1.807, 2.05) is 6.92 Å². The van der Waals surface area contributed by atoms with Gasteiger partial charge in [-0.05, 0) is 12.0 Å². The van der Waals surface area contributed by atoms with E-state index >= 15 is 0 Å². The fourth-order valence-corrected chi connectivity index (χ4v) is 1.99. The Kier molecular flexibility index (Phi) is 5.05. The predicted octanol–water partition coefficient (Wildman–Crippen LogP) is 1.41. The second kappa shape index (κ2) is 6.31. The van der Waals surface area contributed by atoms with Crippen molar-refractivity contribution < 1.29 is 19.9 Å². The van der Waals surface area contributed by atoms with Crippen LogP contribution < -0.4 is 0 Å². The molecule has 0 aliphatic carbocycles. The van der Waals surface area contributed by atoms with E-state index in [1.54, 1.807) is 0 Å². The van der Waals surface area contributed by atoms with Gasteiger partial charge in [0, 0.05) is 12.4 Å². The molecule has 7 nitrogen and oxygen atoms in total. The van der Waals surface area contributed by atoms with Gasteiger partial charge in [0.15, 0.2) is 0 Å². The molecule has 1 unspecified atom stereocenters. The maximum absolute atomic E-state index is 10.9. The Labute approximate surface area is 107 Å². The maximum atomic E-state index is 10.9. The lowest BCUT2D eigenvalue weighted by molar-refractivity contribution is -0.385. The van der Waals surface area contributed by atoms with Crippen LogP contribution in [0.15, 0.2) is 17.3 Å². The van der Waals surface area contributed by atoms with Crippen molar-refractivity contribution in [2.75, 3.05) is 12.4 Å². The smallest absolute Gasteiger partial charge is 0.342 e. The van der Waals surface area contributed by atoms with Crippen LogP contribution in [0.25, 0.3) is 0 Å². The first-order valence-corrected chi connectivity index (χ1v) is 6.05. The molecule has 0 saturated carbocycles. The summed E-state index contributed by atoms with van der Waals surface area (Å²) in [6.45, 7) is 1.85. The molecule has 0 aromatic carbocycles. The van der Waals surface area contributed by atoms with Crippen molar-refractivity contribution in [1.82, 2.24) is 4.98 Å². The van der Waals surface area contributed by atoms with Crippen molar-refractivity contribution in [3.63, 3.8) is 0 Å². The van der Waals surface area contributed by atoms with E-state index in [2.05, 4.69) is 4.98 Å². The Morgan fingerprint density at radius 3 is 2.83 bits per heavy atom. The second-order valence-corrected chi connectivity index (χ2v) is 4.74. The van der Waals surface area contributed by atoms with E-state index in [0.29, 0.717) is 10.8 Å². The highest BCUT2D eigenvalue weighted by Crippen LogP contribution is 2.24. The van der Waals surface area contributed by atoms with Crippen molar-refractivity contribution in [2.45, 2.75) is 11.9 Å². The van der Waals surface area contributed by atoms with Gasteiger partial charge in [-0.1, -0.05) is 6.92 Å². The standard InChI is InChI=1S/C10H12N2O5S/c1-6(4-13)5-18-9-2-7(10(14)15)8(3-11-9)12(16)17/h2-3,6,13H,4-5H2,1H3,(H,14,15). The van der Waals surface area contributed by atoms with Crippen molar-refractivity contribution >= 4 is 23.4 Å². The quantitative estimate of drug-likeness (QED) is 0.457. The van der Waals surface area contributed by atoms with Crippen LogP contribution in [0, 0.1) is 16.0 Å². The Balaban J connectivity index is 2.93. The van der Waals surface area contributed by atoms with Gasteiger partial charge in [0.25, 0.3) is 0 Å². The molecule has 1 aromatic heterocycles. The van der Waals surface area contributed by atoms with E-state index in [1.165, 1.54) is 17.8 Å². The topological polar surface area (TPSA) is 114 Å². The summed E-state index contributed by atoms with van der Waals surface area (Å²) in [5.41, 5.74) is -0.906. The van der Waals surface area contributed by atoms with Gasteiger partial charge in [0.1, 0.15) is 11.8 Å². The number of aromatic nitrogens is 1. The molecule has 0 fully saturated rings. The number of carboxylic acid groups (broad SMARTS) is 1. The maximum Gasteiger partial charge on any atom is 0.342 e. The molecule has 0 bridgehead atoms. The highest BCUT2D eigenvalue weighted by Gasteiger charge is 2.21. The van der Waals surface area contributed by atoms with Crippen molar-refractivity contribution in [2.24, 2.45) is 5.92 Å². The molecule has 18 heavy (non-hydrogen) atoms. The molecular weight excluding hydrogens is 260 g/mol. The molecule has 98 valence electrons. The van der Waals surface area contributed by atoms with Gasteiger partial charge < -0.3 is 10.2 Å². The summed E-state index contributed by atoms with van der Waals surface area (Å²) in [4.78, 5) is 24.6. The van der Waals surface area contributed by atoms with Crippen molar-refractivity contribution in [3.8, 4) is 0 Å². The van der Waals surface area contributed by atoms with E-state index in [9.17, 15) is 14.9 Å². The van der Waals surface area contributed by atoms with Crippen LogP contribution >= 0.6 is 11.8 Å². The summed E-state index contributed by atoms with van der Waals surface area (Å²) < 4.78 is 0. The Hall–Kier alpha value is -1.67. The molecule has 1 rings (SSSR count). The van der Waals surface area contributed by atoms with Crippen molar-refractivity contribution in [1.29, 1.82) is 0 Å². The van der Waals surface area contributed by atoms with Crippen molar-refractivity contribution in [3.05, 3.63) is 27.9 Å². The molecule has 0 aliphatic rings. The zero-order chi connectivity index (χ0) is 13.7. The molecule has 2 N–H and O–H groups in total. The minimum Gasteiger partial charge on any atom is -0.477 e. The summed E-state index contributed by atoms with van der Waals surface area (Å²) in [7, 11) is 0. The van der Waals surface area contributed by atoms with E-state index in [0.717, 1.165) is 6.20 Å². The Bertz CT molecular complexity index is 466. The molecule has 0 aliphatic heterocycles. The molecule has 0 amide bonds. The van der Waals surface area contributed by atoms with Crippen LogP contribution in [0.5, 0.6) is 0 Å². The highest BCUT2D eigenvalue weighted by molar-refractivity contribution is 7.99. The first-order valence-electron chi connectivity index (χ1n) is 5.07. The lowest BCUT2D eigenvalue weighted by Gasteiger charge is -2.06. The van der Waals surface area contributed by atoms with Crippen LogP contribution in [0.4, 0.5) is 5.69 Å². The predicted molar refractivity (Wildman–Crippen MR) is 64.8 cm³/mol. The monoisotopic (exact) mass is 272 g/mol. The van der Waals surface area contributed by atoms with Crippen LogP contribution in [0.1, 0.15) is 17.3 Å². The average Bonchev–Trinajstić information content (AvgIpc) is 2.35. The number of aliphatic hydroxyl groups is 1. The summed E-state index contributed by atoms with van der Waals surface area (Å²) in [5, 5.41) is 28.7. The first-order chi connectivity index (χ1) is 8.45. The third kappa shape index (κ3) is 3.67. The first kappa shape index (κ1) is 14.4. The molecular formula is C10H12N2O5S. The summed E-state index contributed by atoms with van der Waals surface area (Å²) >= 11 is 1.25. The Morgan fingerprint density at radius 1 is 1.67 bits per heavy atom. The molecule has 0 saturated heterocycles. The van der Waals surface area contributed by atoms with Gasteiger partial charge in [0.05, 0.1) is 9.95 Å². The van der Waals surface area contributed by atoms with Gasteiger partial charge in [-0.2, -0.15) is 0 Å². The van der Waals surface area contributed by atoms with E-state index < -0.39 is 16.6 Å². The van der Waals surface area contributed by atoms with Gasteiger partial charge in [0.2, 0.25) is 0 Å². The summed E-state index contributed by atoms with van der Waals surface area (Å²) in [6, 6.07) is 1.18. The summed E-state index contributed by atoms with van der Waals surface area (Å²) in [5.74, 6) is -0.762. The van der Waals surface area contributed by atoms with E-state index in [4.69, 9.17) is 10.2 Å². The van der Waals surface area contributed by atoms with Crippen LogP contribution in [-0.4, -0.2) is 38.4 Å². The van der Waals surface area contributed by atoms with Gasteiger partial charge in [-0.3, -0.25) is 10.1 Å².